The summed E-state index contributed by atoms with van der Waals surface area (Å²) in [7, 11) is 0. The van der Waals surface area contributed by atoms with Crippen molar-refractivity contribution >= 4 is 39.3 Å². The quantitative estimate of drug-likeness (QED) is 0.460. The monoisotopic (exact) mass is 252 g/mol. The van der Waals surface area contributed by atoms with Gasteiger partial charge in [-0.05, 0) is 33.3 Å². The summed E-state index contributed by atoms with van der Waals surface area (Å²) in [5, 5.41) is 1.19. The van der Waals surface area contributed by atoms with Crippen LogP contribution in [0.25, 0.3) is 0 Å². The molecule has 11 heavy (non-hydrogen) atoms. The van der Waals surface area contributed by atoms with Gasteiger partial charge in [-0.15, -0.1) is 11.8 Å². The average Bonchev–Trinajstić information content (AvgIpc) is 1.98. The lowest BCUT2D eigenvalue weighted by Gasteiger charge is -1.99. The first-order valence-corrected chi connectivity index (χ1v) is 5.20. The summed E-state index contributed by atoms with van der Waals surface area (Å²) in [6.07, 6.45) is 1.66. The van der Waals surface area contributed by atoms with Crippen LogP contribution in [0.4, 0.5) is 0 Å². The van der Waals surface area contributed by atoms with Gasteiger partial charge in [0.15, 0.2) is 0 Å². The number of thioether (sulfide) groups is 1. The van der Waals surface area contributed by atoms with Crippen LogP contribution in [-0.2, 0) is 0 Å². The second-order valence-electron chi connectivity index (χ2n) is 1.73. The van der Waals surface area contributed by atoms with Gasteiger partial charge in [0.2, 0.25) is 5.28 Å². The molecule has 1 aromatic rings. The molecule has 0 atom stereocenters. The second kappa shape index (κ2) is 4.28. The van der Waals surface area contributed by atoms with Gasteiger partial charge in [-0.1, -0.05) is 6.92 Å². The summed E-state index contributed by atoms with van der Waals surface area (Å²) < 4.78 is 0.897. The van der Waals surface area contributed by atoms with E-state index in [-0.39, 0.29) is 0 Å². The molecule has 5 heteroatoms. The Morgan fingerprint density at radius 2 is 2.45 bits per heavy atom. The molecule has 1 aromatic heterocycles. The smallest absolute Gasteiger partial charge is 0.223 e. The lowest BCUT2D eigenvalue weighted by molar-refractivity contribution is 1.03. The van der Waals surface area contributed by atoms with E-state index in [9.17, 15) is 0 Å². The Kier molecular flexibility index (Phi) is 3.62. The molecule has 1 heterocycles. The zero-order valence-corrected chi connectivity index (χ0v) is 9.00. The standard InChI is InChI=1S/C6H6BrClN2S/c1-2-11-5-4(7)3-9-6(8)10-5/h3H,2H2,1H3. The predicted octanol–water partition coefficient (Wildman–Crippen LogP) is 3.00. The van der Waals surface area contributed by atoms with Gasteiger partial charge in [0.25, 0.3) is 0 Å². The minimum Gasteiger partial charge on any atom is -0.225 e. The summed E-state index contributed by atoms with van der Waals surface area (Å²) in [5.74, 6) is 0.978. The van der Waals surface area contributed by atoms with Gasteiger partial charge in [-0.25, -0.2) is 9.97 Å². The SMILES string of the molecule is CCSc1nc(Cl)ncc1Br. The van der Waals surface area contributed by atoms with Crippen molar-refractivity contribution in [1.29, 1.82) is 0 Å². The third-order valence-corrected chi connectivity index (χ3v) is 2.86. The highest BCUT2D eigenvalue weighted by molar-refractivity contribution is 9.10. The number of nitrogens with zero attached hydrogens (tertiary/aromatic N) is 2. The Bertz CT molecular complexity index is 256. The molecule has 0 saturated heterocycles. The van der Waals surface area contributed by atoms with Gasteiger partial charge in [0.1, 0.15) is 5.03 Å². The molecule has 2 nitrogen and oxygen atoms in total. The van der Waals surface area contributed by atoms with Gasteiger partial charge in [-0.3, -0.25) is 0 Å². The molecule has 0 unspecified atom stereocenters. The summed E-state index contributed by atoms with van der Waals surface area (Å²) in [6.45, 7) is 2.06. The largest absolute Gasteiger partial charge is 0.225 e. The van der Waals surface area contributed by atoms with Crippen LogP contribution >= 0.6 is 39.3 Å². The zero-order valence-electron chi connectivity index (χ0n) is 5.84. The third-order valence-electron chi connectivity index (χ3n) is 0.964. The van der Waals surface area contributed by atoms with E-state index in [0.717, 1.165) is 15.3 Å². The molecular weight excluding hydrogens is 248 g/mol. The van der Waals surface area contributed by atoms with E-state index in [2.05, 4.69) is 32.8 Å². The van der Waals surface area contributed by atoms with Gasteiger partial charge < -0.3 is 0 Å². The lowest BCUT2D eigenvalue weighted by Crippen LogP contribution is -1.86. The van der Waals surface area contributed by atoms with E-state index >= 15 is 0 Å². The first-order chi connectivity index (χ1) is 5.24. The van der Waals surface area contributed by atoms with Gasteiger partial charge in [0.05, 0.1) is 4.47 Å². The highest BCUT2D eigenvalue weighted by Crippen LogP contribution is 2.24. The molecule has 0 fully saturated rings. The molecule has 0 aromatic carbocycles. The molecule has 0 aliphatic carbocycles. The Morgan fingerprint density at radius 1 is 1.73 bits per heavy atom. The summed E-state index contributed by atoms with van der Waals surface area (Å²) in [4.78, 5) is 7.85. The molecule has 0 saturated carbocycles. The molecule has 0 spiro atoms. The van der Waals surface area contributed by atoms with E-state index in [4.69, 9.17) is 11.6 Å². The van der Waals surface area contributed by atoms with Crippen molar-refractivity contribution in [2.45, 2.75) is 11.9 Å². The topological polar surface area (TPSA) is 25.8 Å². The molecule has 0 N–H and O–H groups in total. The minimum atomic E-state index is 0.296. The highest BCUT2D eigenvalue weighted by atomic mass is 79.9. The fourth-order valence-corrected chi connectivity index (χ4v) is 1.90. The van der Waals surface area contributed by atoms with E-state index in [1.165, 1.54) is 0 Å². The Balaban J connectivity index is 2.93. The molecule has 0 aliphatic rings. The van der Waals surface area contributed by atoms with Crippen molar-refractivity contribution in [3.8, 4) is 0 Å². The van der Waals surface area contributed by atoms with Crippen LogP contribution in [0.15, 0.2) is 15.7 Å². The van der Waals surface area contributed by atoms with Crippen LogP contribution in [0.2, 0.25) is 5.28 Å². The minimum absolute atomic E-state index is 0.296. The van der Waals surface area contributed by atoms with Crippen LogP contribution in [0, 0.1) is 0 Å². The van der Waals surface area contributed by atoms with Crippen molar-refractivity contribution in [2.24, 2.45) is 0 Å². The molecule has 0 radical (unpaired) electrons. The summed E-state index contributed by atoms with van der Waals surface area (Å²) in [5.41, 5.74) is 0. The van der Waals surface area contributed by atoms with E-state index in [0.29, 0.717) is 5.28 Å². The van der Waals surface area contributed by atoms with Gasteiger partial charge >= 0.3 is 0 Å². The van der Waals surface area contributed by atoms with Crippen LogP contribution in [0.1, 0.15) is 6.92 Å². The van der Waals surface area contributed by atoms with Crippen molar-refractivity contribution in [3.63, 3.8) is 0 Å². The Labute approximate surface area is 82.9 Å². The van der Waals surface area contributed by atoms with E-state index in [1.54, 1.807) is 18.0 Å². The van der Waals surface area contributed by atoms with Crippen molar-refractivity contribution < 1.29 is 0 Å². The maximum atomic E-state index is 5.60. The van der Waals surface area contributed by atoms with Gasteiger partial charge in [0, 0.05) is 6.20 Å². The molecule has 0 aliphatic heterocycles. The van der Waals surface area contributed by atoms with E-state index < -0.39 is 0 Å². The summed E-state index contributed by atoms with van der Waals surface area (Å²) >= 11 is 10.6. The zero-order chi connectivity index (χ0) is 8.27. The molecule has 0 amide bonds. The van der Waals surface area contributed by atoms with Crippen LogP contribution in [0.5, 0.6) is 0 Å². The number of aromatic nitrogens is 2. The van der Waals surface area contributed by atoms with Crippen LogP contribution in [0.3, 0.4) is 0 Å². The molecular formula is C6H6BrClN2S. The Hall–Kier alpha value is 0.200. The average molecular weight is 254 g/mol. The van der Waals surface area contributed by atoms with Crippen LogP contribution in [-0.4, -0.2) is 15.7 Å². The number of halogens is 2. The lowest BCUT2D eigenvalue weighted by atomic mass is 10.7. The fourth-order valence-electron chi connectivity index (χ4n) is 0.569. The van der Waals surface area contributed by atoms with Crippen LogP contribution < -0.4 is 0 Å². The van der Waals surface area contributed by atoms with Crippen molar-refractivity contribution in [1.82, 2.24) is 9.97 Å². The van der Waals surface area contributed by atoms with Gasteiger partial charge in [-0.2, -0.15) is 0 Å². The highest BCUT2D eigenvalue weighted by Gasteiger charge is 2.01. The fraction of sp³-hybridized carbons (Fsp3) is 0.333. The van der Waals surface area contributed by atoms with Crippen molar-refractivity contribution in [3.05, 3.63) is 16.0 Å². The molecule has 0 bridgehead atoms. The summed E-state index contributed by atoms with van der Waals surface area (Å²) in [6, 6.07) is 0. The predicted molar refractivity (Wildman–Crippen MR) is 51.1 cm³/mol. The normalized spacial score (nSPS) is 10.1. The second-order valence-corrected chi connectivity index (χ2v) is 4.17. The Morgan fingerprint density at radius 3 is 3.09 bits per heavy atom. The third kappa shape index (κ3) is 2.61. The first kappa shape index (κ1) is 9.29. The maximum Gasteiger partial charge on any atom is 0.223 e. The van der Waals surface area contributed by atoms with Crippen molar-refractivity contribution in [2.75, 3.05) is 5.75 Å². The number of hydrogen-bond donors (Lipinski definition) is 0. The molecule has 60 valence electrons. The van der Waals surface area contributed by atoms with E-state index in [1.807, 2.05) is 0 Å². The number of rotatable bonds is 2. The maximum absolute atomic E-state index is 5.60. The number of hydrogen-bond acceptors (Lipinski definition) is 3. The molecule has 1 rings (SSSR count). The first-order valence-electron chi connectivity index (χ1n) is 3.05.